The number of anilines is 1. The highest BCUT2D eigenvalue weighted by atomic mass is 19.4. The van der Waals surface area contributed by atoms with Crippen molar-refractivity contribution in [1.29, 1.82) is 0 Å². The summed E-state index contributed by atoms with van der Waals surface area (Å²) in [6.07, 6.45) is -0.605. The molecule has 47 heavy (non-hydrogen) atoms. The normalized spacial score (nSPS) is 21.5. The van der Waals surface area contributed by atoms with E-state index in [9.17, 15) is 37.1 Å². The highest BCUT2D eigenvalue weighted by Gasteiger charge is 2.80. The van der Waals surface area contributed by atoms with E-state index in [1.165, 1.54) is 12.0 Å². The smallest absolute Gasteiger partial charge is 0.475 e. The number of benzene rings is 2. The molecule has 4 rings (SSSR count). The van der Waals surface area contributed by atoms with Crippen molar-refractivity contribution in [2.24, 2.45) is 5.73 Å². The molecule has 3 atom stereocenters. The summed E-state index contributed by atoms with van der Waals surface area (Å²) in [6, 6.07) is 14.5. The van der Waals surface area contributed by atoms with Crippen molar-refractivity contribution >= 4 is 42.0 Å². The van der Waals surface area contributed by atoms with Crippen molar-refractivity contribution in [3.8, 4) is 0 Å². The zero-order valence-corrected chi connectivity index (χ0v) is 25.9. The van der Waals surface area contributed by atoms with Crippen LogP contribution in [-0.2, 0) is 40.5 Å². The number of nitrogens with two attached hydrogens (primary N) is 1. The largest absolute Gasteiger partial charge is 0.490 e. The summed E-state index contributed by atoms with van der Waals surface area (Å²) in [6.45, 7) is 2.07. The standard InChI is InChI=1S/C30H36N4O6.C2HF3O2/c1-28(22-10-6-3-7-11-22,30(27(39)40-2)29(20-36,33-30)14-16-35)19-34-24-13-12-21(9-5-4-8-15-31)17-23(24)26(38)32-18-25(34)37;3-2(4,5)1(6)7/h3,6-7,10-13,16-17,20,33H,4-5,8-9,14-15,18-19,31H2,1-2H3,(H,32,38);(H,6,7)/t28?,29?,30-;/m1./s1. The van der Waals surface area contributed by atoms with E-state index >= 15 is 0 Å². The summed E-state index contributed by atoms with van der Waals surface area (Å²) in [5.74, 6) is -4.23. The number of aryl methyl sites for hydroxylation is 1. The third-order valence-electron chi connectivity index (χ3n) is 8.54. The molecule has 15 heteroatoms. The molecule has 2 aromatic rings. The van der Waals surface area contributed by atoms with Gasteiger partial charge < -0.3 is 35.4 Å². The molecule has 2 aliphatic rings. The van der Waals surface area contributed by atoms with Crippen LogP contribution in [0.25, 0.3) is 0 Å². The van der Waals surface area contributed by atoms with Crippen LogP contribution in [0.3, 0.4) is 0 Å². The highest BCUT2D eigenvalue weighted by molar-refractivity contribution is 6.10. The predicted molar refractivity (Wildman–Crippen MR) is 163 cm³/mol. The first-order chi connectivity index (χ1) is 22.2. The second kappa shape index (κ2) is 14.9. The number of alkyl halides is 3. The number of aldehydes is 2. The van der Waals surface area contributed by atoms with Gasteiger partial charge in [0, 0.05) is 18.4 Å². The number of carboxylic acids is 1. The van der Waals surface area contributed by atoms with Crippen molar-refractivity contribution in [2.75, 3.05) is 31.6 Å². The van der Waals surface area contributed by atoms with Gasteiger partial charge in [-0.3, -0.25) is 14.9 Å². The number of esters is 1. The first-order valence-corrected chi connectivity index (χ1v) is 14.7. The molecule has 5 N–H and O–H groups in total. The molecular weight excluding hydrogens is 625 g/mol. The van der Waals surface area contributed by atoms with E-state index < -0.39 is 34.6 Å². The number of aliphatic carboxylic acids is 1. The van der Waals surface area contributed by atoms with Crippen molar-refractivity contribution in [3.63, 3.8) is 0 Å². The van der Waals surface area contributed by atoms with Crippen LogP contribution in [0.2, 0.25) is 0 Å². The number of ether oxygens (including phenoxy) is 1. The summed E-state index contributed by atoms with van der Waals surface area (Å²) in [4.78, 5) is 74.6. The molecule has 12 nitrogen and oxygen atoms in total. The van der Waals surface area contributed by atoms with Gasteiger partial charge in [-0.25, -0.2) is 9.59 Å². The molecule has 0 aliphatic carbocycles. The van der Waals surface area contributed by atoms with Crippen molar-refractivity contribution in [3.05, 3.63) is 65.2 Å². The minimum absolute atomic E-state index is 0.0792. The molecule has 254 valence electrons. The maximum Gasteiger partial charge on any atom is 0.490 e. The molecule has 2 heterocycles. The van der Waals surface area contributed by atoms with Gasteiger partial charge in [-0.05, 0) is 49.1 Å². The van der Waals surface area contributed by atoms with E-state index in [4.69, 9.17) is 20.4 Å². The predicted octanol–water partition coefficient (Wildman–Crippen LogP) is 2.07. The van der Waals surface area contributed by atoms with Crippen LogP contribution in [-0.4, -0.2) is 85.4 Å². The zero-order valence-electron chi connectivity index (χ0n) is 25.9. The van der Waals surface area contributed by atoms with Crippen molar-refractivity contribution < 1.29 is 51.8 Å². The maximum atomic E-state index is 13.5. The SMILES string of the molecule is COC(=O)[C@]1(C(C)(CN2C(=O)CNC(=O)c3cc(CCCCCN)ccc32)c2ccccc2)NC1(C=O)CC=O.O=C(O)C(F)(F)F. The number of nitrogens with one attached hydrogen (secondary N) is 2. The second-order valence-electron chi connectivity index (χ2n) is 11.4. The van der Waals surface area contributed by atoms with Gasteiger partial charge in [0.2, 0.25) is 5.91 Å². The molecule has 1 fully saturated rings. The van der Waals surface area contributed by atoms with Crippen molar-refractivity contribution in [2.45, 2.75) is 61.7 Å². The van der Waals surface area contributed by atoms with Gasteiger partial charge in [0.25, 0.3) is 5.91 Å². The monoisotopic (exact) mass is 662 g/mol. The van der Waals surface area contributed by atoms with Crippen LogP contribution < -0.4 is 21.3 Å². The second-order valence-corrected chi connectivity index (χ2v) is 11.4. The number of nitrogens with zero attached hydrogens (tertiary/aromatic N) is 1. The molecule has 2 amide bonds. The molecule has 0 bridgehead atoms. The first kappa shape index (κ1) is 36.8. The average Bonchev–Trinajstić information content (AvgIpc) is 3.76. The van der Waals surface area contributed by atoms with Gasteiger partial charge in [-0.2, -0.15) is 13.2 Å². The van der Waals surface area contributed by atoms with E-state index in [-0.39, 0.29) is 31.3 Å². The Labute approximate surface area is 268 Å². The van der Waals surface area contributed by atoms with Gasteiger partial charge in [0.15, 0.2) is 5.54 Å². The quantitative estimate of drug-likeness (QED) is 0.107. The van der Waals surface area contributed by atoms with Gasteiger partial charge in [0.1, 0.15) is 18.1 Å². The number of hydrogen-bond donors (Lipinski definition) is 4. The fourth-order valence-corrected chi connectivity index (χ4v) is 6.06. The van der Waals surface area contributed by atoms with Crippen LogP contribution in [0.5, 0.6) is 0 Å². The number of rotatable bonds is 13. The van der Waals surface area contributed by atoms with Crippen LogP contribution in [0, 0.1) is 0 Å². The van der Waals surface area contributed by atoms with E-state index in [0.717, 1.165) is 31.2 Å². The number of carboxylic acid groups (broad SMARTS) is 1. The lowest BCUT2D eigenvalue weighted by Crippen LogP contribution is -2.59. The molecule has 0 saturated carbocycles. The molecular formula is C32H37F3N4O8. The van der Waals surface area contributed by atoms with Crippen LogP contribution in [0.15, 0.2) is 48.5 Å². The van der Waals surface area contributed by atoms with E-state index in [2.05, 4.69) is 10.6 Å². The Morgan fingerprint density at radius 3 is 2.30 bits per heavy atom. The Kier molecular flexibility index (Phi) is 11.6. The Bertz CT molecular complexity index is 1500. The summed E-state index contributed by atoms with van der Waals surface area (Å²) >= 11 is 0. The van der Waals surface area contributed by atoms with E-state index in [1.54, 1.807) is 43.3 Å². The van der Waals surface area contributed by atoms with Crippen LogP contribution >= 0.6 is 0 Å². The Morgan fingerprint density at radius 2 is 1.74 bits per heavy atom. The zero-order chi connectivity index (χ0) is 35.0. The Balaban J connectivity index is 0.000000771. The Hall–Kier alpha value is -4.63. The fourth-order valence-electron chi connectivity index (χ4n) is 6.06. The average molecular weight is 663 g/mol. The minimum Gasteiger partial charge on any atom is -0.475 e. The Morgan fingerprint density at radius 1 is 1.09 bits per heavy atom. The summed E-state index contributed by atoms with van der Waals surface area (Å²) in [5, 5.41) is 12.8. The van der Waals surface area contributed by atoms with Gasteiger partial charge in [-0.15, -0.1) is 0 Å². The van der Waals surface area contributed by atoms with Gasteiger partial charge in [0.05, 0.1) is 24.9 Å². The summed E-state index contributed by atoms with van der Waals surface area (Å²) in [5.41, 5.74) is 3.54. The van der Waals surface area contributed by atoms with E-state index in [0.29, 0.717) is 35.9 Å². The van der Waals surface area contributed by atoms with Crippen LogP contribution in [0.4, 0.5) is 18.9 Å². The maximum absolute atomic E-state index is 13.5. The van der Waals surface area contributed by atoms with Gasteiger partial charge >= 0.3 is 18.1 Å². The number of fused-ring (bicyclic) bond motifs is 1. The lowest BCUT2D eigenvalue weighted by molar-refractivity contribution is -0.192. The third-order valence-corrected chi connectivity index (χ3v) is 8.54. The van der Waals surface area contributed by atoms with Crippen LogP contribution in [0.1, 0.15) is 54.1 Å². The lowest BCUT2D eigenvalue weighted by atomic mass is 9.65. The molecule has 2 aliphatic heterocycles. The molecule has 2 unspecified atom stereocenters. The summed E-state index contributed by atoms with van der Waals surface area (Å²) < 4.78 is 36.9. The van der Waals surface area contributed by atoms with Crippen molar-refractivity contribution in [1.82, 2.24) is 10.6 Å². The number of hydrogen-bond acceptors (Lipinski definition) is 9. The molecule has 0 spiro atoms. The number of carbonyl (C=O) groups excluding carboxylic acids is 5. The number of carbonyl (C=O) groups is 6. The van der Waals surface area contributed by atoms with E-state index in [1.807, 2.05) is 12.1 Å². The number of amides is 2. The molecule has 0 radical (unpaired) electrons. The number of unbranched alkanes of at least 4 members (excludes halogenated alkanes) is 2. The first-order valence-electron chi connectivity index (χ1n) is 14.7. The lowest BCUT2D eigenvalue weighted by Gasteiger charge is -2.41. The minimum atomic E-state index is -5.08. The number of halogens is 3. The topological polar surface area (TPSA) is 195 Å². The number of methoxy groups -OCH3 is 1. The molecule has 1 saturated heterocycles. The molecule has 2 aromatic carbocycles. The summed E-state index contributed by atoms with van der Waals surface area (Å²) in [7, 11) is 1.22. The third kappa shape index (κ3) is 7.36. The molecule has 0 aromatic heterocycles. The van der Waals surface area contributed by atoms with Gasteiger partial charge in [-0.1, -0.05) is 49.7 Å². The highest BCUT2D eigenvalue weighted by Crippen LogP contribution is 2.54. The fraction of sp³-hybridized carbons (Fsp3) is 0.438.